The molecule has 0 unspecified atom stereocenters. The molecule has 1 aliphatic rings. The highest BCUT2D eigenvalue weighted by Crippen LogP contribution is 2.40. The van der Waals surface area contributed by atoms with Crippen LogP contribution >= 0.6 is 0 Å². The van der Waals surface area contributed by atoms with Gasteiger partial charge in [-0.15, -0.1) is 0 Å². The number of carbonyl (C=O) groups is 1. The molecule has 9 heteroatoms. The molecule has 1 amide bonds. The quantitative estimate of drug-likeness (QED) is 0.780. The summed E-state index contributed by atoms with van der Waals surface area (Å²) < 4.78 is 63.7. The van der Waals surface area contributed by atoms with E-state index in [1.807, 2.05) is 0 Å². The Morgan fingerprint density at radius 3 is 2.59 bits per heavy atom. The minimum atomic E-state index is -4.84. The molecule has 5 nitrogen and oxygen atoms in total. The summed E-state index contributed by atoms with van der Waals surface area (Å²) in [5.41, 5.74) is -1.93. The van der Waals surface area contributed by atoms with Gasteiger partial charge in [-0.25, -0.2) is 12.7 Å². The van der Waals surface area contributed by atoms with E-state index in [1.54, 1.807) is 6.07 Å². The lowest BCUT2D eigenvalue weighted by molar-refractivity contribution is -0.138. The van der Waals surface area contributed by atoms with Crippen LogP contribution in [0.4, 0.5) is 13.2 Å². The van der Waals surface area contributed by atoms with E-state index in [0.717, 1.165) is 18.2 Å². The van der Waals surface area contributed by atoms with Crippen molar-refractivity contribution in [2.45, 2.75) is 18.0 Å². The first-order valence-corrected chi connectivity index (χ1v) is 7.37. The fourth-order valence-corrected chi connectivity index (χ4v) is 3.72. The minimum Gasteiger partial charge on any atom is -0.268 e. The number of rotatable bonds is 2. The molecular formula is C13H9F3N2O3S. The van der Waals surface area contributed by atoms with Gasteiger partial charge in [-0.2, -0.15) is 18.4 Å². The highest BCUT2D eigenvalue weighted by atomic mass is 32.2. The number of nitrogens with zero attached hydrogens (tertiary/aromatic N) is 2. The minimum absolute atomic E-state index is 0.237. The van der Waals surface area contributed by atoms with E-state index in [9.17, 15) is 26.4 Å². The van der Waals surface area contributed by atoms with Crippen molar-refractivity contribution in [3.05, 3.63) is 41.0 Å². The Kier molecular flexibility index (Phi) is 3.74. The summed E-state index contributed by atoms with van der Waals surface area (Å²) >= 11 is 0. The fraction of sp³-hybridized carbons (Fsp3) is 0.231. The molecule has 0 radical (unpaired) electrons. The van der Waals surface area contributed by atoms with Gasteiger partial charge in [0.05, 0.1) is 23.7 Å². The number of nitriles is 1. The molecule has 116 valence electrons. The smallest absolute Gasteiger partial charge is 0.268 e. The van der Waals surface area contributed by atoms with Crippen LogP contribution in [0.3, 0.4) is 0 Å². The van der Waals surface area contributed by atoms with E-state index in [-0.39, 0.29) is 5.57 Å². The van der Waals surface area contributed by atoms with E-state index < -0.39 is 44.7 Å². The molecule has 0 saturated heterocycles. The van der Waals surface area contributed by atoms with Gasteiger partial charge in [-0.05, 0) is 24.6 Å². The van der Waals surface area contributed by atoms with E-state index in [0.29, 0.717) is 10.4 Å². The summed E-state index contributed by atoms with van der Waals surface area (Å²) in [5, 5.41) is 8.50. The third kappa shape index (κ3) is 2.46. The van der Waals surface area contributed by atoms with E-state index >= 15 is 0 Å². The summed E-state index contributed by atoms with van der Waals surface area (Å²) in [7, 11) is -4.36. The van der Waals surface area contributed by atoms with Gasteiger partial charge in [0.25, 0.3) is 15.9 Å². The number of hydrogen-bond donors (Lipinski definition) is 0. The normalized spacial score (nSPS) is 17.3. The van der Waals surface area contributed by atoms with Gasteiger partial charge in [0, 0.05) is 6.08 Å². The lowest BCUT2D eigenvalue weighted by Gasteiger charge is -2.15. The summed E-state index contributed by atoms with van der Waals surface area (Å²) in [5.74, 6) is -1.24. The molecule has 0 aliphatic carbocycles. The molecule has 0 N–H and O–H groups in total. The van der Waals surface area contributed by atoms with Crippen molar-refractivity contribution < 1.29 is 26.4 Å². The van der Waals surface area contributed by atoms with Crippen molar-refractivity contribution in [3.8, 4) is 6.07 Å². The first-order valence-electron chi connectivity index (χ1n) is 5.93. The summed E-state index contributed by atoms with van der Waals surface area (Å²) in [4.78, 5) is 11.5. The Labute approximate surface area is 124 Å². The molecule has 2 rings (SSSR count). The van der Waals surface area contributed by atoms with Crippen molar-refractivity contribution in [2.75, 3.05) is 6.54 Å². The summed E-state index contributed by atoms with van der Waals surface area (Å²) in [6, 6.07) is 4.22. The Morgan fingerprint density at radius 1 is 1.41 bits per heavy atom. The maximum Gasteiger partial charge on any atom is 0.417 e. The molecule has 1 aromatic carbocycles. The van der Waals surface area contributed by atoms with E-state index in [4.69, 9.17) is 5.26 Å². The van der Waals surface area contributed by atoms with Crippen molar-refractivity contribution in [2.24, 2.45) is 0 Å². The number of fused-ring (bicyclic) bond motifs is 1. The van der Waals surface area contributed by atoms with E-state index in [2.05, 4.69) is 0 Å². The van der Waals surface area contributed by atoms with Crippen LogP contribution in [0, 0.1) is 11.3 Å². The second kappa shape index (κ2) is 5.14. The third-order valence-corrected chi connectivity index (χ3v) is 4.82. The molecule has 0 atom stereocenters. The maximum absolute atomic E-state index is 13.0. The van der Waals surface area contributed by atoms with Gasteiger partial charge < -0.3 is 0 Å². The van der Waals surface area contributed by atoms with Gasteiger partial charge in [0.15, 0.2) is 0 Å². The average molecular weight is 330 g/mol. The lowest BCUT2D eigenvalue weighted by Crippen LogP contribution is -2.32. The molecule has 1 aliphatic heterocycles. The Balaban J connectivity index is 2.62. The van der Waals surface area contributed by atoms with Crippen molar-refractivity contribution >= 4 is 15.9 Å². The van der Waals surface area contributed by atoms with Gasteiger partial charge in [-0.1, -0.05) is 6.07 Å². The Morgan fingerprint density at radius 2 is 2.05 bits per heavy atom. The topological polar surface area (TPSA) is 78.2 Å². The highest BCUT2D eigenvalue weighted by molar-refractivity contribution is 7.90. The number of amides is 1. The van der Waals surface area contributed by atoms with Crippen LogP contribution in [-0.4, -0.2) is 25.2 Å². The third-order valence-electron chi connectivity index (χ3n) is 3.04. The molecule has 22 heavy (non-hydrogen) atoms. The lowest BCUT2D eigenvalue weighted by atomic mass is 10.1. The van der Waals surface area contributed by atoms with Crippen LogP contribution in [-0.2, 0) is 16.2 Å². The molecule has 1 heterocycles. The van der Waals surface area contributed by atoms with Crippen LogP contribution in [0.5, 0.6) is 0 Å². The number of carbonyl (C=O) groups excluding carboxylic acids is 1. The predicted octanol–water partition coefficient (Wildman–Crippen LogP) is 2.32. The van der Waals surface area contributed by atoms with Crippen LogP contribution in [0.1, 0.15) is 22.8 Å². The average Bonchev–Trinajstić information content (AvgIpc) is 2.59. The van der Waals surface area contributed by atoms with Crippen LogP contribution in [0.25, 0.3) is 0 Å². The van der Waals surface area contributed by atoms with Gasteiger partial charge in [0.1, 0.15) is 4.90 Å². The largest absolute Gasteiger partial charge is 0.417 e. The fourth-order valence-electron chi connectivity index (χ4n) is 2.09. The molecule has 0 fully saturated rings. The number of allylic oxidation sites excluding steroid dienone is 1. The Hall–Kier alpha value is -2.34. The Bertz CT molecular complexity index is 820. The van der Waals surface area contributed by atoms with Gasteiger partial charge in [-0.3, -0.25) is 4.79 Å². The summed E-state index contributed by atoms with van der Waals surface area (Å²) in [6.07, 6.45) is -3.82. The number of benzene rings is 1. The SMILES string of the molecule is CC(=CC#N)CN1C(=O)c2c(C(F)(F)F)cccc2S1(=O)=O. The number of sulfonamides is 1. The zero-order valence-corrected chi connectivity index (χ0v) is 12.0. The monoisotopic (exact) mass is 330 g/mol. The molecule has 0 aromatic heterocycles. The van der Waals surface area contributed by atoms with Crippen molar-refractivity contribution in [1.29, 1.82) is 5.26 Å². The second-order valence-electron chi connectivity index (χ2n) is 4.61. The zero-order chi connectivity index (χ0) is 16.7. The van der Waals surface area contributed by atoms with Gasteiger partial charge in [0.2, 0.25) is 0 Å². The van der Waals surface area contributed by atoms with Crippen molar-refractivity contribution in [1.82, 2.24) is 4.31 Å². The molecular weight excluding hydrogens is 321 g/mol. The number of hydrogen-bond acceptors (Lipinski definition) is 4. The van der Waals surface area contributed by atoms with Crippen molar-refractivity contribution in [3.63, 3.8) is 0 Å². The van der Waals surface area contributed by atoms with Crippen LogP contribution < -0.4 is 0 Å². The first kappa shape index (κ1) is 16.0. The predicted molar refractivity (Wildman–Crippen MR) is 69.0 cm³/mol. The van der Waals surface area contributed by atoms with Crippen LogP contribution in [0.15, 0.2) is 34.7 Å². The summed E-state index contributed by atoms with van der Waals surface area (Å²) in [6.45, 7) is 0.931. The first-order chi connectivity index (χ1) is 10.1. The second-order valence-corrected chi connectivity index (χ2v) is 6.44. The van der Waals surface area contributed by atoms with Crippen LogP contribution in [0.2, 0.25) is 0 Å². The number of alkyl halides is 3. The molecule has 0 spiro atoms. The zero-order valence-electron chi connectivity index (χ0n) is 11.2. The van der Waals surface area contributed by atoms with Gasteiger partial charge >= 0.3 is 6.18 Å². The van der Waals surface area contributed by atoms with E-state index in [1.165, 1.54) is 6.92 Å². The molecule has 0 saturated carbocycles. The number of halogens is 3. The molecule has 0 bridgehead atoms. The standard InChI is InChI=1S/C13H9F3N2O3S/c1-8(5-6-17)7-18-12(19)11-9(13(14,15)16)3-2-4-10(11)22(18,20)21/h2-5H,7H2,1H3. The maximum atomic E-state index is 13.0. The highest BCUT2D eigenvalue weighted by Gasteiger charge is 2.47. The molecule has 1 aromatic rings.